The van der Waals surface area contributed by atoms with Crippen molar-refractivity contribution in [1.82, 2.24) is 10.6 Å². The number of nitrogens with zero attached hydrogens (tertiary/aromatic N) is 1. The van der Waals surface area contributed by atoms with Crippen LogP contribution in [-0.2, 0) is 19.3 Å². The van der Waals surface area contributed by atoms with Gasteiger partial charge in [0.1, 0.15) is 5.75 Å². The monoisotopic (exact) mass is 457 g/mol. The Morgan fingerprint density at radius 1 is 1.21 bits per heavy atom. The fourth-order valence-electron chi connectivity index (χ4n) is 2.70. The van der Waals surface area contributed by atoms with Crippen molar-refractivity contribution in [1.29, 1.82) is 0 Å². The molecule has 24 heavy (non-hydrogen) atoms. The number of halogens is 1. The molecule has 0 atom stereocenters. The summed E-state index contributed by atoms with van der Waals surface area (Å²) in [5.41, 5.74) is 2.68. The molecule has 2 aromatic rings. The number of nitrogens with one attached hydrogen (secondary N) is 2. The molecule has 1 aromatic heterocycles. The van der Waals surface area contributed by atoms with Gasteiger partial charge in [-0.25, -0.2) is 0 Å². The summed E-state index contributed by atoms with van der Waals surface area (Å²) in [6.45, 7) is 2.59. The fraction of sp³-hybridized carbons (Fsp3) is 0.389. The number of rotatable bonds is 6. The highest BCUT2D eigenvalue weighted by Gasteiger charge is 2.11. The largest absolute Gasteiger partial charge is 0.493 e. The minimum Gasteiger partial charge on any atom is -0.493 e. The Balaban J connectivity index is 0.00000208. The Hall–Kier alpha value is -1.28. The molecule has 0 bridgehead atoms. The number of thiophene rings is 1. The number of aliphatic imine (C=N–C) groups is 1. The third-order valence-corrected chi connectivity index (χ3v) is 4.86. The summed E-state index contributed by atoms with van der Waals surface area (Å²) in [6, 6.07) is 10.8. The molecule has 0 aliphatic carbocycles. The molecule has 0 saturated heterocycles. The van der Waals surface area contributed by atoms with Crippen molar-refractivity contribution in [3.8, 4) is 5.75 Å². The number of hydrogen-bond donors (Lipinski definition) is 2. The van der Waals surface area contributed by atoms with Crippen LogP contribution in [0.5, 0.6) is 5.75 Å². The van der Waals surface area contributed by atoms with E-state index in [4.69, 9.17) is 4.74 Å². The Kier molecular flexibility index (Phi) is 7.84. The molecule has 1 aromatic carbocycles. The molecule has 0 radical (unpaired) electrons. The van der Waals surface area contributed by atoms with Crippen molar-refractivity contribution in [2.24, 2.45) is 4.99 Å². The second kappa shape index (κ2) is 9.88. The van der Waals surface area contributed by atoms with Crippen molar-refractivity contribution < 1.29 is 4.74 Å². The highest BCUT2D eigenvalue weighted by atomic mass is 127. The second-order valence-electron chi connectivity index (χ2n) is 5.55. The van der Waals surface area contributed by atoms with Crippen LogP contribution in [0.25, 0.3) is 0 Å². The zero-order valence-electron chi connectivity index (χ0n) is 13.9. The standard InChI is InChI=1S/C18H23N3OS.HI/c1-19-18(21-10-7-16-3-2-12-23-16)20-9-6-14-4-5-17-15(13-14)8-11-22-17;/h2-5,12-13H,6-11H2,1H3,(H2,19,20,21);1H. The van der Waals surface area contributed by atoms with E-state index in [0.717, 1.165) is 50.7 Å². The molecule has 0 amide bonds. The van der Waals surface area contributed by atoms with Crippen molar-refractivity contribution in [3.63, 3.8) is 0 Å². The van der Waals surface area contributed by atoms with E-state index in [9.17, 15) is 0 Å². The van der Waals surface area contributed by atoms with E-state index in [1.165, 1.54) is 16.0 Å². The van der Waals surface area contributed by atoms with Gasteiger partial charge in [0, 0.05) is 31.4 Å². The Bertz CT molecular complexity index is 658. The van der Waals surface area contributed by atoms with Gasteiger partial charge in [0.2, 0.25) is 0 Å². The van der Waals surface area contributed by atoms with Crippen molar-refractivity contribution in [3.05, 3.63) is 51.7 Å². The molecule has 2 N–H and O–H groups in total. The van der Waals surface area contributed by atoms with Gasteiger partial charge in [-0.3, -0.25) is 4.99 Å². The van der Waals surface area contributed by atoms with Crippen LogP contribution in [-0.4, -0.2) is 32.7 Å². The number of guanidine groups is 1. The maximum Gasteiger partial charge on any atom is 0.190 e. The summed E-state index contributed by atoms with van der Waals surface area (Å²) in [7, 11) is 1.81. The zero-order chi connectivity index (χ0) is 15.9. The lowest BCUT2D eigenvalue weighted by molar-refractivity contribution is 0.357. The van der Waals surface area contributed by atoms with Crippen LogP contribution in [0, 0.1) is 0 Å². The summed E-state index contributed by atoms with van der Waals surface area (Å²) in [5, 5.41) is 8.85. The number of fused-ring (bicyclic) bond motifs is 1. The Labute approximate surface area is 164 Å². The van der Waals surface area contributed by atoms with Crippen LogP contribution in [0.2, 0.25) is 0 Å². The van der Waals surface area contributed by atoms with Gasteiger partial charge in [-0.05, 0) is 41.5 Å². The van der Waals surface area contributed by atoms with E-state index in [1.54, 1.807) is 11.3 Å². The molecule has 6 heteroatoms. The lowest BCUT2D eigenvalue weighted by atomic mass is 10.1. The van der Waals surface area contributed by atoms with Crippen LogP contribution in [0.3, 0.4) is 0 Å². The number of benzene rings is 1. The molecule has 4 nitrogen and oxygen atoms in total. The molecule has 0 saturated carbocycles. The Morgan fingerprint density at radius 2 is 2.04 bits per heavy atom. The van der Waals surface area contributed by atoms with Gasteiger partial charge in [0.05, 0.1) is 6.61 Å². The number of ether oxygens (including phenoxy) is 1. The highest BCUT2D eigenvalue weighted by Crippen LogP contribution is 2.25. The van der Waals surface area contributed by atoms with Crippen LogP contribution < -0.4 is 15.4 Å². The van der Waals surface area contributed by atoms with Gasteiger partial charge in [0.25, 0.3) is 0 Å². The zero-order valence-corrected chi connectivity index (χ0v) is 17.0. The predicted molar refractivity (Wildman–Crippen MR) is 112 cm³/mol. The molecule has 0 unspecified atom stereocenters. The summed E-state index contributed by atoms with van der Waals surface area (Å²) in [5.74, 6) is 1.92. The van der Waals surface area contributed by atoms with Gasteiger partial charge < -0.3 is 15.4 Å². The van der Waals surface area contributed by atoms with E-state index >= 15 is 0 Å². The lowest BCUT2D eigenvalue weighted by Crippen LogP contribution is -2.39. The van der Waals surface area contributed by atoms with Gasteiger partial charge in [-0.2, -0.15) is 0 Å². The Morgan fingerprint density at radius 3 is 2.79 bits per heavy atom. The van der Waals surface area contributed by atoms with Crippen molar-refractivity contribution >= 4 is 41.3 Å². The smallest absolute Gasteiger partial charge is 0.190 e. The average molecular weight is 457 g/mol. The van der Waals surface area contributed by atoms with Gasteiger partial charge >= 0.3 is 0 Å². The molecule has 3 rings (SSSR count). The molecule has 130 valence electrons. The van der Waals surface area contributed by atoms with Gasteiger partial charge in [0.15, 0.2) is 5.96 Å². The minimum absolute atomic E-state index is 0. The summed E-state index contributed by atoms with van der Waals surface area (Å²) in [6.07, 6.45) is 3.05. The number of hydrogen-bond acceptors (Lipinski definition) is 3. The summed E-state index contributed by atoms with van der Waals surface area (Å²) >= 11 is 1.80. The van der Waals surface area contributed by atoms with E-state index in [-0.39, 0.29) is 24.0 Å². The van der Waals surface area contributed by atoms with Crippen molar-refractivity contribution in [2.75, 3.05) is 26.7 Å². The normalized spacial score (nSPS) is 13.0. The van der Waals surface area contributed by atoms with E-state index in [0.29, 0.717) is 0 Å². The van der Waals surface area contributed by atoms with Crippen LogP contribution >= 0.6 is 35.3 Å². The van der Waals surface area contributed by atoms with Crippen LogP contribution in [0.4, 0.5) is 0 Å². The maximum atomic E-state index is 5.54. The van der Waals surface area contributed by atoms with E-state index in [1.807, 2.05) is 7.05 Å². The first-order valence-corrected chi connectivity index (χ1v) is 8.94. The molecular formula is C18H24IN3OS. The van der Waals surface area contributed by atoms with E-state index in [2.05, 4.69) is 51.3 Å². The third-order valence-electron chi connectivity index (χ3n) is 3.93. The predicted octanol–water partition coefficient (Wildman–Crippen LogP) is 3.25. The first-order chi connectivity index (χ1) is 11.3. The quantitative estimate of drug-likeness (QED) is 0.398. The minimum atomic E-state index is 0. The lowest BCUT2D eigenvalue weighted by Gasteiger charge is -2.12. The topological polar surface area (TPSA) is 45.7 Å². The molecule has 1 aliphatic heterocycles. The molecule has 1 aliphatic rings. The second-order valence-corrected chi connectivity index (χ2v) is 6.58. The first kappa shape index (κ1) is 19.1. The average Bonchev–Trinajstić information content (AvgIpc) is 3.24. The van der Waals surface area contributed by atoms with Crippen LogP contribution in [0.1, 0.15) is 16.0 Å². The highest BCUT2D eigenvalue weighted by molar-refractivity contribution is 14.0. The first-order valence-electron chi connectivity index (χ1n) is 8.06. The van der Waals surface area contributed by atoms with Crippen LogP contribution in [0.15, 0.2) is 40.7 Å². The third kappa shape index (κ3) is 5.37. The summed E-state index contributed by atoms with van der Waals surface area (Å²) in [4.78, 5) is 5.67. The molecular weight excluding hydrogens is 433 g/mol. The maximum absolute atomic E-state index is 5.54. The SMILES string of the molecule is CN=C(NCCc1ccc2c(c1)CCO2)NCCc1cccs1.I. The van der Waals surface area contributed by atoms with E-state index < -0.39 is 0 Å². The van der Waals surface area contributed by atoms with Crippen molar-refractivity contribution in [2.45, 2.75) is 19.3 Å². The fourth-order valence-corrected chi connectivity index (χ4v) is 3.41. The van der Waals surface area contributed by atoms with Gasteiger partial charge in [-0.1, -0.05) is 18.2 Å². The van der Waals surface area contributed by atoms with Gasteiger partial charge in [-0.15, -0.1) is 35.3 Å². The summed E-state index contributed by atoms with van der Waals surface area (Å²) < 4.78 is 5.54. The molecule has 0 fully saturated rings. The molecule has 2 heterocycles. The molecule has 0 spiro atoms.